The molecule has 0 aliphatic heterocycles. The molecule has 6 nitrogen and oxygen atoms in total. The summed E-state index contributed by atoms with van der Waals surface area (Å²) in [6, 6.07) is 10.8. The van der Waals surface area contributed by atoms with Crippen LogP contribution in [-0.4, -0.2) is 34.5 Å². The van der Waals surface area contributed by atoms with E-state index in [1.807, 2.05) is 30.3 Å². The fourth-order valence-electron chi connectivity index (χ4n) is 3.81. The Morgan fingerprint density at radius 1 is 1.21 bits per heavy atom. The number of hydrogen-bond donors (Lipinski definition) is 2. The summed E-state index contributed by atoms with van der Waals surface area (Å²) in [6.07, 6.45) is 4.74. The molecule has 1 aromatic carbocycles. The van der Waals surface area contributed by atoms with Crippen molar-refractivity contribution >= 4 is 11.7 Å². The molecule has 1 amide bonds. The van der Waals surface area contributed by atoms with E-state index in [0.29, 0.717) is 18.4 Å². The van der Waals surface area contributed by atoms with Gasteiger partial charge in [0.15, 0.2) is 5.78 Å². The van der Waals surface area contributed by atoms with Crippen molar-refractivity contribution in [2.24, 2.45) is 5.92 Å². The van der Waals surface area contributed by atoms with Crippen LogP contribution < -0.4 is 10.9 Å². The third-order valence-electron chi connectivity index (χ3n) is 5.30. The number of ketones is 1. The van der Waals surface area contributed by atoms with Crippen molar-refractivity contribution in [2.45, 2.75) is 44.8 Å². The van der Waals surface area contributed by atoms with Crippen LogP contribution in [0.15, 0.2) is 47.4 Å². The number of amides is 1. The van der Waals surface area contributed by atoms with Crippen molar-refractivity contribution in [1.29, 1.82) is 0 Å². The number of nitrogens with one attached hydrogen (secondary N) is 1. The summed E-state index contributed by atoms with van der Waals surface area (Å²) in [4.78, 5) is 37.8. The van der Waals surface area contributed by atoms with Gasteiger partial charge in [-0.1, -0.05) is 36.8 Å². The molecule has 6 heteroatoms. The third kappa shape index (κ3) is 4.75. The van der Waals surface area contributed by atoms with E-state index in [1.54, 1.807) is 6.20 Å². The first-order valence-corrected chi connectivity index (χ1v) is 9.69. The lowest BCUT2D eigenvalue weighted by Crippen LogP contribution is -2.32. The fraction of sp³-hybridized carbons (Fsp3) is 0.409. The number of rotatable bonds is 6. The first-order valence-electron chi connectivity index (χ1n) is 9.69. The molecule has 1 aliphatic carbocycles. The van der Waals surface area contributed by atoms with Gasteiger partial charge in [-0.3, -0.25) is 14.4 Å². The zero-order valence-corrected chi connectivity index (χ0v) is 16.1. The number of nitrogens with zero attached hydrogens (tertiary/aromatic N) is 1. The Morgan fingerprint density at radius 2 is 1.96 bits per heavy atom. The van der Waals surface area contributed by atoms with Gasteiger partial charge in [-0.15, -0.1) is 0 Å². The lowest BCUT2D eigenvalue weighted by Gasteiger charge is -2.25. The minimum atomic E-state index is -0.505. The first kappa shape index (κ1) is 20.0. The van der Waals surface area contributed by atoms with Gasteiger partial charge < -0.3 is 15.0 Å². The van der Waals surface area contributed by atoms with E-state index < -0.39 is 11.5 Å². The normalized spacial score (nSPS) is 19.2. The van der Waals surface area contributed by atoms with E-state index in [1.165, 1.54) is 17.7 Å². The number of carbonyl (C=O) groups is 2. The second-order valence-corrected chi connectivity index (χ2v) is 7.45. The molecule has 1 heterocycles. The van der Waals surface area contributed by atoms with Crippen molar-refractivity contribution in [2.75, 3.05) is 7.05 Å². The Bertz CT molecular complexity index is 904. The van der Waals surface area contributed by atoms with Gasteiger partial charge in [0.25, 0.3) is 11.5 Å². The van der Waals surface area contributed by atoms with Gasteiger partial charge in [0.2, 0.25) is 0 Å². The maximum absolute atomic E-state index is 12.9. The summed E-state index contributed by atoms with van der Waals surface area (Å²) in [5.74, 6) is -0.477. The predicted octanol–water partition coefficient (Wildman–Crippen LogP) is 2.38. The highest BCUT2D eigenvalue weighted by molar-refractivity contribution is 6.00. The first-order chi connectivity index (χ1) is 13.5. The number of carbonyl (C=O) groups excluding carboxylic acids is 2. The number of Topliss-reactive ketones (excluding diaryl/α,β-unsaturated/α-hetero) is 1. The Morgan fingerprint density at radius 3 is 2.64 bits per heavy atom. The smallest absolute Gasteiger partial charge is 0.263 e. The van der Waals surface area contributed by atoms with Crippen LogP contribution >= 0.6 is 0 Å². The molecule has 148 valence electrons. The van der Waals surface area contributed by atoms with E-state index >= 15 is 0 Å². The molecular weight excluding hydrogens is 356 g/mol. The molecule has 28 heavy (non-hydrogen) atoms. The average Bonchev–Trinajstić information content (AvgIpc) is 2.69. The summed E-state index contributed by atoms with van der Waals surface area (Å²) in [5, 5.41) is 12.3. The molecule has 0 spiro atoms. The molecule has 0 bridgehead atoms. The zero-order valence-electron chi connectivity index (χ0n) is 16.1. The monoisotopic (exact) mass is 382 g/mol. The quantitative estimate of drug-likeness (QED) is 0.751. The van der Waals surface area contributed by atoms with Crippen molar-refractivity contribution in [3.8, 4) is 0 Å². The molecule has 1 aliphatic rings. The summed E-state index contributed by atoms with van der Waals surface area (Å²) < 4.78 is 1.42. The highest BCUT2D eigenvalue weighted by atomic mass is 16.3. The summed E-state index contributed by atoms with van der Waals surface area (Å²) in [7, 11) is 1.46. The van der Waals surface area contributed by atoms with Crippen molar-refractivity contribution in [3.05, 3.63) is 69.6 Å². The van der Waals surface area contributed by atoms with E-state index in [4.69, 9.17) is 0 Å². The van der Waals surface area contributed by atoms with Gasteiger partial charge in [-0.2, -0.15) is 0 Å². The molecule has 1 fully saturated rings. The fourth-order valence-corrected chi connectivity index (χ4v) is 3.81. The van der Waals surface area contributed by atoms with Crippen LogP contribution in [0.4, 0.5) is 0 Å². The maximum atomic E-state index is 12.9. The Balaban J connectivity index is 1.91. The number of aromatic nitrogens is 1. The third-order valence-corrected chi connectivity index (χ3v) is 5.30. The number of aliphatic hydroxyl groups is 1. The summed E-state index contributed by atoms with van der Waals surface area (Å²) in [6.45, 7) is 0.285. The molecule has 2 atom stereocenters. The van der Waals surface area contributed by atoms with Gasteiger partial charge in [0.05, 0.1) is 12.6 Å². The van der Waals surface area contributed by atoms with Crippen molar-refractivity contribution < 1.29 is 14.7 Å². The number of benzene rings is 1. The molecule has 3 rings (SSSR count). The number of hydrogen-bond acceptors (Lipinski definition) is 4. The molecule has 0 saturated heterocycles. The van der Waals surface area contributed by atoms with Crippen LogP contribution in [0.3, 0.4) is 0 Å². The largest absolute Gasteiger partial charge is 0.393 e. The lowest BCUT2D eigenvalue weighted by molar-refractivity contribution is 0.0823. The summed E-state index contributed by atoms with van der Waals surface area (Å²) in [5.41, 5.74) is 0.808. The second kappa shape index (κ2) is 8.97. The number of aliphatic hydroxyl groups excluding tert-OH is 1. The maximum Gasteiger partial charge on any atom is 0.263 e. The molecule has 0 radical (unpaired) electrons. The van der Waals surface area contributed by atoms with Crippen molar-refractivity contribution in [3.63, 3.8) is 0 Å². The predicted molar refractivity (Wildman–Crippen MR) is 107 cm³/mol. The minimum Gasteiger partial charge on any atom is -0.393 e. The average molecular weight is 382 g/mol. The molecule has 2 aromatic rings. The van der Waals surface area contributed by atoms with Crippen LogP contribution in [0.1, 0.15) is 58.4 Å². The molecule has 2 N–H and O–H groups in total. The van der Waals surface area contributed by atoms with E-state index in [-0.39, 0.29) is 29.9 Å². The molecule has 1 aromatic heterocycles. The SMILES string of the molecule is CNC(=O)c1cc(C(=O)C[C@H]2CCC[C@H](O)C2)cn(Cc2ccccc2)c1=O. The van der Waals surface area contributed by atoms with Gasteiger partial charge in [-0.05, 0) is 36.8 Å². The minimum absolute atomic E-state index is 0.0343. The molecule has 1 saturated carbocycles. The topological polar surface area (TPSA) is 88.4 Å². The van der Waals surface area contributed by atoms with E-state index in [0.717, 1.165) is 24.8 Å². The second-order valence-electron chi connectivity index (χ2n) is 7.45. The Hall–Kier alpha value is -2.73. The Labute approximate surface area is 164 Å². The summed E-state index contributed by atoms with van der Waals surface area (Å²) >= 11 is 0. The van der Waals surface area contributed by atoms with Crippen LogP contribution in [-0.2, 0) is 6.54 Å². The lowest BCUT2D eigenvalue weighted by atomic mass is 9.83. The molecule has 0 unspecified atom stereocenters. The van der Waals surface area contributed by atoms with Crippen LogP contribution in [0.25, 0.3) is 0 Å². The van der Waals surface area contributed by atoms with Gasteiger partial charge in [0.1, 0.15) is 5.56 Å². The van der Waals surface area contributed by atoms with Crippen molar-refractivity contribution in [1.82, 2.24) is 9.88 Å². The Kier molecular flexibility index (Phi) is 6.41. The van der Waals surface area contributed by atoms with E-state index in [9.17, 15) is 19.5 Å². The standard InChI is InChI=1S/C22H26N2O4/c1-23-21(27)19-12-17(20(26)11-16-8-5-9-18(25)10-16)14-24(22(19)28)13-15-6-3-2-4-7-15/h2-4,6-7,12,14,16,18,25H,5,8-11,13H2,1H3,(H,23,27)/t16-,18-/m0/s1. The van der Waals surface area contributed by atoms with Crippen LogP contribution in [0, 0.1) is 5.92 Å². The van der Waals surface area contributed by atoms with Gasteiger partial charge >= 0.3 is 0 Å². The van der Waals surface area contributed by atoms with E-state index in [2.05, 4.69) is 5.32 Å². The number of pyridine rings is 1. The van der Waals surface area contributed by atoms with Gasteiger partial charge in [0, 0.05) is 25.2 Å². The highest BCUT2D eigenvalue weighted by Crippen LogP contribution is 2.28. The van der Waals surface area contributed by atoms with Crippen LogP contribution in [0.5, 0.6) is 0 Å². The zero-order chi connectivity index (χ0) is 20.1. The molecular formula is C22H26N2O4. The van der Waals surface area contributed by atoms with Crippen LogP contribution in [0.2, 0.25) is 0 Å². The van der Waals surface area contributed by atoms with Gasteiger partial charge in [-0.25, -0.2) is 0 Å². The highest BCUT2D eigenvalue weighted by Gasteiger charge is 2.24.